The summed E-state index contributed by atoms with van der Waals surface area (Å²) in [6.45, 7) is 1.45. The molecule has 0 aliphatic rings. The molecule has 0 aliphatic carbocycles. The van der Waals surface area contributed by atoms with Crippen molar-refractivity contribution in [2.24, 2.45) is 5.92 Å². The Labute approximate surface area is 101 Å². The van der Waals surface area contributed by atoms with E-state index in [1.54, 1.807) is 0 Å². The van der Waals surface area contributed by atoms with Crippen LogP contribution in [0.4, 0.5) is 0 Å². The number of aliphatic carboxylic acids is 1. The maximum absolute atomic E-state index is 11.1. The van der Waals surface area contributed by atoms with Crippen LogP contribution in [0.3, 0.4) is 0 Å². The second-order valence-corrected chi connectivity index (χ2v) is 4.27. The van der Waals surface area contributed by atoms with Crippen molar-refractivity contribution in [3.05, 3.63) is 35.9 Å². The molecule has 1 aromatic carbocycles. The fourth-order valence-electron chi connectivity index (χ4n) is 1.66. The number of carboxylic acids is 1. The molecule has 1 aromatic rings. The van der Waals surface area contributed by atoms with Crippen molar-refractivity contribution in [3.63, 3.8) is 0 Å². The van der Waals surface area contributed by atoms with Gasteiger partial charge in [0.2, 0.25) is 0 Å². The molecule has 3 N–H and O–H groups in total. The number of carboxylic acid groups (broad SMARTS) is 1. The lowest BCUT2D eigenvalue weighted by Crippen LogP contribution is -2.29. The van der Waals surface area contributed by atoms with Crippen LogP contribution in [0.1, 0.15) is 18.9 Å². The smallest absolute Gasteiger partial charge is 0.306 e. The molecule has 4 heteroatoms. The first-order valence-electron chi connectivity index (χ1n) is 5.63. The monoisotopic (exact) mass is 238 g/mol. The molecule has 0 fully saturated rings. The lowest BCUT2D eigenvalue weighted by Gasteiger charge is -2.18. The van der Waals surface area contributed by atoms with Crippen molar-refractivity contribution in [1.29, 1.82) is 0 Å². The van der Waals surface area contributed by atoms with Gasteiger partial charge in [0.25, 0.3) is 0 Å². The molecule has 0 spiro atoms. The molecule has 0 radical (unpaired) electrons. The van der Waals surface area contributed by atoms with Crippen LogP contribution in [-0.4, -0.2) is 33.5 Å². The molecule has 0 aromatic heterocycles. The molecule has 3 atom stereocenters. The zero-order valence-corrected chi connectivity index (χ0v) is 9.78. The second-order valence-electron chi connectivity index (χ2n) is 4.27. The van der Waals surface area contributed by atoms with E-state index in [1.165, 1.54) is 6.92 Å². The van der Waals surface area contributed by atoms with Crippen molar-refractivity contribution in [3.8, 4) is 0 Å². The van der Waals surface area contributed by atoms with Gasteiger partial charge in [-0.2, -0.15) is 0 Å². The van der Waals surface area contributed by atoms with Gasteiger partial charge in [0, 0.05) is 0 Å². The summed E-state index contributed by atoms with van der Waals surface area (Å²) in [5, 5.41) is 27.8. The van der Waals surface area contributed by atoms with E-state index in [9.17, 15) is 15.0 Å². The van der Waals surface area contributed by atoms with Crippen molar-refractivity contribution in [2.45, 2.75) is 32.0 Å². The molecule has 0 bridgehead atoms. The third-order valence-electron chi connectivity index (χ3n) is 2.76. The summed E-state index contributed by atoms with van der Waals surface area (Å²) in [5.41, 5.74) is 0.915. The highest BCUT2D eigenvalue weighted by Crippen LogP contribution is 2.16. The van der Waals surface area contributed by atoms with Crippen molar-refractivity contribution < 1.29 is 20.1 Å². The highest BCUT2D eigenvalue weighted by Gasteiger charge is 2.24. The number of hydrogen-bond acceptors (Lipinski definition) is 3. The molecule has 0 amide bonds. The predicted molar refractivity (Wildman–Crippen MR) is 63.6 cm³/mol. The zero-order valence-electron chi connectivity index (χ0n) is 9.78. The summed E-state index contributed by atoms with van der Waals surface area (Å²) in [6.07, 6.45) is -1.49. The fourth-order valence-corrected chi connectivity index (χ4v) is 1.66. The van der Waals surface area contributed by atoms with Crippen LogP contribution in [0.5, 0.6) is 0 Å². The first-order chi connectivity index (χ1) is 8.00. The van der Waals surface area contributed by atoms with E-state index in [1.807, 2.05) is 30.3 Å². The minimum Gasteiger partial charge on any atom is -0.481 e. The Morgan fingerprint density at radius 1 is 1.24 bits per heavy atom. The van der Waals surface area contributed by atoms with Gasteiger partial charge in [0.15, 0.2) is 0 Å². The number of carbonyl (C=O) groups is 1. The maximum Gasteiger partial charge on any atom is 0.306 e. The van der Waals surface area contributed by atoms with Gasteiger partial charge in [0.05, 0.1) is 18.1 Å². The molecule has 94 valence electrons. The molecule has 0 saturated heterocycles. The summed E-state index contributed by atoms with van der Waals surface area (Å²) >= 11 is 0. The van der Waals surface area contributed by atoms with Crippen LogP contribution in [0.25, 0.3) is 0 Å². The van der Waals surface area contributed by atoms with E-state index < -0.39 is 24.1 Å². The number of rotatable bonds is 6. The summed E-state index contributed by atoms with van der Waals surface area (Å²) in [7, 11) is 0. The van der Waals surface area contributed by atoms with Gasteiger partial charge in [0.1, 0.15) is 0 Å². The lowest BCUT2D eigenvalue weighted by molar-refractivity contribution is -0.143. The second kappa shape index (κ2) is 6.37. The van der Waals surface area contributed by atoms with E-state index in [2.05, 4.69) is 0 Å². The fraction of sp³-hybridized carbons (Fsp3) is 0.462. The van der Waals surface area contributed by atoms with E-state index in [-0.39, 0.29) is 6.42 Å². The largest absolute Gasteiger partial charge is 0.481 e. The highest BCUT2D eigenvalue weighted by atomic mass is 16.4. The van der Waals surface area contributed by atoms with E-state index in [0.717, 1.165) is 5.56 Å². The average molecular weight is 238 g/mol. The molecule has 1 rings (SSSR count). The summed E-state index contributed by atoms with van der Waals surface area (Å²) in [5.74, 6) is -1.63. The molecule has 0 unspecified atom stereocenters. The van der Waals surface area contributed by atoms with Crippen molar-refractivity contribution in [2.75, 3.05) is 0 Å². The third kappa shape index (κ3) is 4.54. The lowest BCUT2D eigenvalue weighted by atomic mass is 9.92. The maximum atomic E-state index is 11.1. The number of hydrogen-bond donors (Lipinski definition) is 3. The van der Waals surface area contributed by atoms with Crippen LogP contribution in [-0.2, 0) is 11.2 Å². The molecule has 0 aliphatic heterocycles. The Hall–Kier alpha value is -1.39. The van der Waals surface area contributed by atoms with E-state index in [4.69, 9.17) is 5.11 Å². The number of aliphatic hydroxyl groups is 2. The topological polar surface area (TPSA) is 77.8 Å². The van der Waals surface area contributed by atoms with Gasteiger partial charge in [-0.25, -0.2) is 0 Å². The summed E-state index contributed by atoms with van der Waals surface area (Å²) in [4.78, 5) is 11.1. The average Bonchev–Trinajstić information content (AvgIpc) is 2.29. The van der Waals surface area contributed by atoms with E-state index >= 15 is 0 Å². The Bertz CT molecular complexity index is 348. The normalized spacial score (nSPS) is 16.2. The Balaban J connectivity index is 2.64. The van der Waals surface area contributed by atoms with Crippen molar-refractivity contribution >= 4 is 5.97 Å². The van der Waals surface area contributed by atoms with Crippen molar-refractivity contribution in [1.82, 2.24) is 0 Å². The van der Waals surface area contributed by atoms with Gasteiger partial charge in [-0.05, 0) is 25.3 Å². The SMILES string of the molecule is C[C@H](O)[C@@H](O)C[C@@H](Cc1ccccc1)C(=O)O. The van der Waals surface area contributed by atoms with E-state index in [0.29, 0.717) is 6.42 Å². The summed E-state index contributed by atoms with van der Waals surface area (Å²) < 4.78 is 0. The molecule has 17 heavy (non-hydrogen) atoms. The van der Waals surface area contributed by atoms with Crippen LogP contribution in [0.2, 0.25) is 0 Å². The van der Waals surface area contributed by atoms with Crippen LogP contribution < -0.4 is 0 Å². The molecule has 0 saturated carbocycles. The van der Waals surface area contributed by atoms with Gasteiger partial charge in [-0.3, -0.25) is 4.79 Å². The van der Waals surface area contributed by atoms with Crippen LogP contribution >= 0.6 is 0 Å². The van der Waals surface area contributed by atoms with Gasteiger partial charge < -0.3 is 15.3 Å². The van der Waals surface area contributed by atoms with Crippen LogP contribution in [0.15, 0.2) is 30.3 Å². The Kier molecular flexibility index (Phi) is 5.12. The standard InChI is InChI=1S/C13H18O4/c1-9(14)12(15)8-11(13(16)17)7-10-5-3-2-4-6-10/h2-6,9,11-12,14-15H,7-8H2,1H3,(H,16,17)/t9-,11+,12-/m0/s1. The summed E-state index contributed by atoms with van der Waals surface area (Å²) in [6, 6.07) is 9.26. The highest BCUT2D eigenvalue weighted by molar-refractivity contribution is 5.70. The van der Waals surface area contributed by atoms with Crippen LogP contribution in [0, 0.1) is 5.92 Å². The minimum absolute atomic E-state index is 0.0574. The quantitative estimate of drug-likeness (QED) is 0.692. The number of aliphatic hydroxyl groups excluding tert-OH is 2. The van der Waals surface area contributed by atoms with Gasteiger partial charge in [-0.15, -0.1) is 0 Å². The molecular formula is C13H18O4. The Morgan fingerprint density at radius 3 is 2.29 bits per heavy atom. The predicted octanol–water partition coefficient (Wildman–Crippen LogP) is 1.06. The minimum atomic E-state index is -1.00. The molecule has 0 heterocycles. The molecule has 4 nitrogen and oxygen atoms in total. The molecular weight excluding hydrogens is 220 g/mol. The van der Waals surface area contributed by atoms with Gasteiger partial charge in [-0.1, -0.05) is 30.3 Å². The number of benzene rings is 1. The first kappa shape index (κ1) is 13.7. The Morgan fingerprint density at radius 2 is 1.82 bits per heavy atom. The van der Waals surface area contributed by atoms with Gasteiger partial charge >= 0.3 is 5.97 Å². The third-order valence-corrected chi connectivity index (χ3v) is 2.76. The first-order valence-corrected chi connectivity index (χ1v) is 5.63. The zero-order chi connectivity index (χ0) is 12.8.